The molecule has 0 bridgehead atoms. The standard InChI is InChI=1S/C22H25NO5S/c1-27-19-7-3-16(4-8-19)13-21(18-5-9-20(28-2)10-6-18)23-22(24)14-17-11-12-29(25,26)15-17/h3-12,17,21H,13-15H2,1-2H3,(H,23,24)/t17-,21+/m0/s1. The number of nitrogens with one attached hydrogen (secondary N) is 1. The van der Waals surface area contributed by atoms with Crippen molar-refractivity contribution in [2.75, 3.05) is 20.0 Å². The van der Waals surface area contributed by atoms with Crippen molar-refractivity contribution < 1.29 is 22.7 Å². The van der Waals surface area contributed by atoms with Crippen LogP contribution in [0.15, 0.2) is 60.0 Å². The highest BCUT2D eigenvalue weighted by Gasteiger charge is 2.25. The van der Waals surface area contributed by atoms with E-state index in [4.69, 9.17) is 9.47 Å². The number of sulfone groups is 1. The van der Waals surface area contributed by atoms with Crippen molar-refractivity contribution in [3.8, 4) is 11.5 Å². The Bertz CT molecular complexity index is 965. The Morgan fingerprint density at radius 3 is 2.14 bits per heavy atom. The van der Waals surface area contributed by atoms with Gasteiger partial charge in [0.05, 0.1) is 26.0 Å². The Labute approximate surface area is 171 Å². The molecule has 2 aromatic rings. The molecule has 1 amide bonds. The number of benzene rings is 2. The fourth-order valence-corrected chi connectivity index (χ4v) is 4.74. The molecule has 0 aliphatic carbocycles. The predicted molar refractivity (Wildman–Crippen MR) is 112 cm³/mol. The van der Waals surface area contributed by atoms with Gasteiger partial charge >= 0.3 is 0 Å². The third-order valence-electron chi connectivity index (χ3n) is 4.90. The van der Waals surface area contributed by atoms with E-state index in [2.05, 4.69) is 5.32 Å². The summed E-state index contributed by atoms with van der Waals surface area (Å²) in [6.07, 6.45) is 2.34. The Balaban J connectivity index is 1.74. The zero-order chi connectivity index (χ0) is 20.9. The van der Waals surface area contributed by atoms with E-state index in [9.17, 15) is 13.2 Å². The molecule has 0 unspecified atom stereocenters. The lowest BCUT2D eigenvalue weighted by Crippen LogP contribution is -2.31. The molecule has 0 radical (unpaired) electrons. The van der Waals surface area contributed by atoms with Gasteiger partial charge in [-0.3, -0.25) is 4.79 Å². The number of methoxy groups -OCH3 is 2. The molecule has 3 rings (SSSR count). The van der Waals surface area contributed by atoms with Crippen LogP contribution in [0.1, 0.15) is 23.6 Å². The van der Waals surface area contributed by atoms with E-state index in [0.29, 0.717) is 6.42 Å². The Kier molecular flexibility index (Phi) is 6.59. The summed E-state index contributed by atoms with van der Waals surface area (Å²) in [7, 11) is 0.0531. The number of allylic oxidation sites excluding steroid dienone is 1. The first-order valence-electron chi connectivity index (χ1n) is 9.36. The van der Waals surface area contributed by atoms with E-state index in [1.54, 1.807) is 20.3 Å². The summed E-state index contributed by atoms with van der Waals surface area (Å²) in [4.78, 5) is 12.6. The van der Waals surface area contributed by atoms with E-state index in [-0.39, 0.29) is 30.0 Å². The molecule has 2 atom stereocenters. The van der Waals surface area contributed by atoms with Gasteiger partial charge in [-0.15, -0.1) is 0 Å². The van der Waals surface area contributed by atoms with Gasteiger partial charge in [-0.25, -0.2) is 8.42 Å². The van der Waals surface area contributed by atoms with E-state index >= 15 is 0 Å². The first-order chi connectivity index (χ1) is 13.9. The van der Waals surface area contributed by atoms with Gasteiger partial charge < -0.3 is 14.8 Å². The number of amides is 1. The number of carbonyl (C=O) groups is 1. The fourth-order valence-electron chi connectivity index (χ4n) is 3.34. The smallest absolute Gasteiger partial charge is 0.221 e. The molecule has 1 aliphatic heterocycles. The molecule has 0 saturated carbocycles. The SMILES string of the molecule is COc1ccc(C[C@@H](NC(=O)C[C@@H]2C=CS(=O)(=O)C2)c2ccc(OC)cc2)cc1. The Morgan fingerprint density at radius 2 is 1.62 bits per heavy atom. The minimum atomic E-state index is -3.17. The predicted octanol–water partition coefficient (Wildman–Crippen LogP) is 3.05. The summed E-state index contributed by atoms with van der Waals surface area (Å²) < 4.78 is 33.6. The van der Waals surface area contributed by atoms with Crippen LogP contribution in [0.2, 0.25) is 0 Å². The van der Waals surface area contributed by atoms with Gasteiger partial charge in [0.1, 0.15) is 11.5 Å². The molecule has 154 valence electrons. The number of hydrogen-bond donors (Lipinski definition) is 1. The summed E-state index contributed by atoms with van der Waals surface area (Å²) >= 11 is 0. The lowest BCUT2D eigenvalue weighted by atomic mass is 9.98. The molecule has 1 N–H and O–H groups in total. The Morgan fingerprint density at radius 1 is 1.03 bits per heavy atom. The zero-order valence-electron chi connectivity index (χ0n) is 16.5. The number of carbonyl (C=O) groups excluding carboxylic acids is 1. The van der Waals surface area contributed by atoms with Crippen molar-refractivity contribution in [1.29, 1.82) is 0 Å². The molecule has 1 heterocycles. The monoisotopic (exact) mass is 415 g/mol. The summed E-state index contributed by atoms with van der Waals surface area (Å²) in [6, 6.07) is 15.0. The van der Waals surface area contributed by atoms with Gasteiger partial charge in [-0.1, -0.05) is 30.3 Å². The van der Waals surface area contributed by atoms with Crippen molar-refractivity contribution in [2.24, 2.45) is 5.92 Å². The molecule has 29 heavy (non-hydrogen) atoms. The minimum absolute atomic E-state index is 0.00783. The molecular weight excluding hydrogens is 390 g/mol. The lowest BCUT2D eigenvalue weighted by Gasteiger charge is -2.21. The highest BCUT2D eigenvalue weighted by Crippen LogP contribution is 2.24. The van der Waals surface area contributed by atoms with Crippen molar-refractivity contribution >= 4 is 15.7 Å². The van der Waals surface area contributed by atoms with E-state index in [0.717, 1.165) is 22.6 Å². The average molecular weight is 416 g/mol. The maximum absolute atomic E-state index is 12.6. The van der Waals surface area contributed by atoms with Crippen molar-refractivity contribution in [3.05, 3.63) is 71.1 Å². The largest absolute Gasteiger partial charge is 0.497 e. The van der Waals surface area contributed by atoms with Crippen molar-refractivity contribution in [1.82, 2.24) is 5.32 Å². The third kappa shape index (κ3) is 5.84. The average Bonchev–Trinajstić information content (AvgIpc) is 3.06. The number of rotatable bonds is 8. The molecular formula is C22H25NO5S. The summed E-state index contributed by atoms with van der Waals surface area (Å²) in [5, 5.41) is 4.26. The lowest BCUT2D eigenvalue weighted by molar-refractivity contribution is -0.122. The van der Waals surface area contributed by atoms with Gasteiger partial charge in [-0.2, -0.15) is 0 Å². The van der Waals surface area contributed by atoms with Crippen LogP contribution in [0.25, 0.3) is 0 Å². The molecule has 1 aliphatic rings. The molecule has 0 fully saturated rings. The molecule has 0 spiro atoms. The maximum Gasteiger partial charge on any atom is 0.221 e. The van der Waals surface area contributed by atoms with Crippen LogP contribution < -0.4 is 14.8 Å². The van der Waals surface area contributed by atoms with Crippen molar-refractivity contribution in [2.45, 2.75) is 18.9 Å². The van der Waals surface area contributed by atoms with Crippen LogP contribution in [0.5, 0.6) is 11.5 Å². The molecule has 2 aromatic carbocycles. The number of ether oxygens (including phenoxy) is 2. The topological polar surface area (TPSA) is 81.7 Å². The second-order valence-electron chi connectivity index (χ2n) is 7.07. The minimum Gasteiger partial charge on any atom is -0.497 e. The molecule has 6 nitrogen and oxygen atoms in total. The van der Waals surface area contributed by atoms with E-state index in [1.165, 1.54) is 5.41 Å². The van der Waals surface area contributed by atoms with E-state index in [1.807, 2.05) is 48.5 Å². The van der Waals surface area contributed by atoms with Gasteiger partial charge in [-0.05, 0) is 41.8 Å². The first kappa shape index (κ1) is 20.9. The van der Waals surface area contributed by atoms with Gasteiger partial charge in [0.25, 0.3) is 0 Å². The first-order valence-corrected chi connectivity index (χ1v) is 11.1. The van der Waals surface area contributed by atoms with Crippen LogP contribution in [0.3, 0.4) is 0 Å². The van der Waals surface area contributed by atoms with Gasteiger partial charge in [0.15, 0.2) is 9.84 Å². The van der Waals surface area contributed by atoms with Crippen LogP contribution in [0.4, 0.5) is 0 Å². The summed E-state index contributed by atoms with van der Waals surface area (Å²) in [6.45, 7) is 0. The second kappa shape index (κ2) is 9.13. The fraction of sp³-hybridized carbons (Fsp3) is 0.318. The summed E-state index contributed by atoms with van der Waals surface area (Å²) in [5.74, 6) is 1.05. The van der Waals surface area contributed by atoms with Crippen LogP contribution >= 0.6 is 0 Å². The zero-order valence-corrected chi connectivity index (χ0v) is 17.3. The van der Waals surface area contributed by atoms with Gasteiger partial charge in [0, 0.05) is 17.7 Å². The maximum atomic E-state index is 12.6. The highest BCUT2D eigenvalue weighted by molar-refractivity contribution is 7.94. The molecule has 0 saturated heterocycles. The quantitative estimate of drug-likeness (QED) is 0.717. The van der Waals surface area contributed by atoms with Crippen LogP contribution in [-0.2, 0) is 21.1 Å². The Hall–Kier alpha value is -2.80. The van der Waals surface area contributed by atoms with E-state index < -0.39 is 9.84 Å². The summed E-state index contributed by atoms with van der Waals surface area (Å²) in [5.41, 5.74) is 2.00. The normalized spacial score (nSPS) is 18.2. The van der Waals surface area contributed by atoms with Crippen molar-refractivity contribution in [3.63, 3.8) is 0 Å². The molecule has 7 heteroatoms. The highest BCUT2D eigenvalue weighted by atomic mass is 32.2. The molecule has 0 aromatic heterocycles. The number of hydrogen-bond acceptors (Lipinski definition) is 5. The second-order valence-corrected chi connectivity index (χ2v) is 9.00. The van der Waals surface area contributed by atoms with Gasteiger partial charge in [0.2, 0.25) is 5.91 Å². The van der Waals surface area contributed by atoms with Crippen LogP contribution in [-0.4, -0.2) is 34.3 Å². The third-order valence-corrected chi connectivity index (χ3v) is 6.37. The van der Waals surface area contributed by atoms with Crippen LogP contribution in [0, 0.1) is 5.92 Å².